The van der Waals surface area contributed by atoms with Gasteiger partial charge in [0, 0.05) is 19.2 Å². The average Bonchev–Trinajstić information content (AvgIpc) is 2.88. The molecule has 1 aromatic heterocycles. The summed E-state index contributed by atoms with van der Waals surface area (Å²) in [6.07, 6.45) is -2.77. The van der Waals surface area contributed by atoms with Gasteiger partial charge in [-0.2, -0.15) is 13.2 Å². The normalized spacial score (nSPS) is 13.0. The van der Waals surface area contributed by atoms with Gasteiger partial charge >= 0.3 is 12.2 Å². The number of rotatable bonds is 7. The van der Waals surface area contributed by atoms with Crippen molar-refractivity contribution in [3.63, 3.8) is 0 Å². The molecular weight excluding hydrogens is 463 g/mol. The Kier molecular flexibility index (Phi) is 7.38. The topological polar surface area (TPSA) is 54.0 Å². The van der Waals surface area contributed by atoms with Gasteiger partial charge in [-0.1, -0.05) is 78.4 Å². The van der Waals surface area contributed by atoms with Crippen molar-refractivity contribution in [2.24, 2.45) is 0 Å². The van der Waals surface area contributed by atoms with E-state index in [1.165, 1.54) is 6.07 Å². The molecule has 1 unspecified atom stereocenters. The molecule has 0 fully saturated rings. The quantitative estimate of drug-likeness (QED) is 0.316. The SMILES string of the molecule is Cc1cccc(CNC(=O)NC(Cc2ccccc2)(c2cccc(C(F)(F)F)c2)c2ccccn2)c1. The Balaban J connectivity index is 1.78. The zero-order chi connectivity index (χ0) is 25.6. The zero-order valence-corrected chi connectivity index (χ0v) is 19.7. The molecule has 1 atom stereocenters. The molecule has 3 aromatic carbocycles. The van der Waals surface area contributed by atoms with E-state index in [0.29, 0.717) is 5.69 Å². The van der Waals surface area contributed by atoms with Crippen LogP contribution >= 0.6 is 0 Å². The summed E-state index contributed by atoms with van der Waals surface area (Å²) in [5.74, 6) is 0. The number of alkyl halides is 3. The summed E-state index contributed by atoms with van der Waals surface area (Å²) in [7, 11) is 0. The Bertz CT molecular complexity index is 1310. The summed E-state index contributed by atoms with van der Waals surface area (Å²) in [5.41, 5.74) is 1.36. The molecule has 0 aliphatic rings. The summed E-state index contributed by atoms with van der Waals surface area (Å²) < 4.78 is 41.0. The van der Waals surface area contributed by atoms with Gasteiger partial charge in [-0.25, -0.2) is 4.79 Å². The number of hydrogen-bond donors (Lipinski definition) is 2. The molecule has 1 heterocycles. The highest BCUT2D eigenvalue weighted by Crippen LogP contribution is 2.36. The van der Waals surface area contributed by atoms with E-state index in [1.54, 1.807) is 30.5 Å². The molecule has 2 amide bonds. The monoisotopic (exact) mass is 489 g/mol. The lowest BCUT2D eigenvalue weighted by Crippen LogP contribution is -2.52. The van der Waals surface area contributed by atoms with Gasteiger partial charge in [0.1, 0.15) is 5.54 Å². The number of urea groups is 1. The van der Waals surface area contributed by atoms with Gasteiger partial charge in [0.15, 0.2) is 0 Å². The predicted molar refractivity (Wildman–Crippen MR) is 133 cm³/mol. The van der Waals surface area contributed by atoms with Crippen molar-refractivity contribution in [1.29, 1.82) is 0 Å². The van der Waals surface area contributed by atoms with Gasteiger partial charge < -0.3 is 10.6 Å². The van der Waals surface area contributed by atoms with E-state index in [4.69, 9.17) is 0 Å². The maximum absolute atomic E-state index is 13.7. The minimum absolute atomic E-state index is 0.198. The summed E-state index contributed by atoms with van der Waals surface area (Å²) in [6.45, 7) is 2.23. The Morgan fingerprint density at radius 1 is 0.806 bits per heavy atom. The van der Waals surface area contributed by atoms with Crippen LogP contribution in [0.25, 0.3) is 0 Å². The van der Waals surface area contributed by atoms with Gasteiger partial charge in [-0.3, -0.25) is 4.98 Å². The Morgan fingerprint density at radius 3 is 2.19 bits per heavy atom. The lowest BCUT2D eigenvalue weighted by molar-refractivity contribution is -0.137. The maximum Gasteiger partial charge on any atom is 0.416 e. The van der Waals surface area contributed by atoms with Crippen LogP contribution in [0.3, 0.4) is 0 Å². The Hall–Kier alpha value is -4.13. The first-order valence-electron chi connectivity index (χ1n) is 11.5. The number of nitrogens with one attached hydrogen (secondary N) is 2. The van der Waals surface area contributed by atoms with E-state index in [-0.39, 0.29) is 18.5 Å². The number of halogens is 3. The molecule has 0 spiro atoms. The molecule has 0 radical (unpaired) electrons. The van der Waals surface area contributed by atoms with Gasteiger partial charge in [0.05, 0.1) is 11.3 Å². The highest BCUT2D eigenvalue weighted by atomic mass is 19.4. The summed E-state index contributed by atoms with van der Waals surface area (Å²) >= 11 is 0. The molecule has 4 aromatic rings. The minimum atomic E-state index is -4.54. The van der Waals surface area contributed by atoms with Crippen molar-refractivity contribution in [2.45, 2.75) is 31.6 Å². The molecule has 7 heteroatoms. The molecule has 0 saturated carbocycles. The molecule has 0 bridgehead atoms. The van der Waals surface area contributed by atoms with Crippen molar-refractivity contribution in [3.8, 4) is 0 Å². The van der Waals surface area contributed by atoms with Crippen molar-refractivity contribution in [3.05, 3.63) is 137 Å². The standard InChI is InChI=1S/C29H26F3N3O/c1-21-9-7-12-23(17-21)20-34-27(36)35-28(26-15-5-6-16-33-26,19-22-10-3-2-4-11-22)24-13-8-14-25(18-24)29(30,31)32/h2-18H,19-20H2,1H3,(H2,34,35,36). The van der Waals surface area contributed by atoms with Crippen molar-refractivity contribution in [2.75, 3.05) is 0 Å². The fourth-order valence-corrected chi connectivity index (χ4v) is 4.24. The fraction of sp³-hybridized carbons (Fsp3) is 0.172. The van der Waals surface area contributed by atoms with E-state index in [9.17, 15) is 18.0 Å². The molecular formula is C29H26F3N3O. The molecule has 184 valence electrons. The molecule has 0 aliphatic carbocycles. The average molecular weight is 490 g/mol. The van der Waals surface area contributed by atoms with Crippen LogP contribution < -0.4 is 10.6 Å². The highest BCUT2D eigenvalue weighted by molar-refractivity contribution is 5.76. The lowest BCUT2D eigenvalue weighted by Gasteiger charge is -2.35. The predicted octanol–water partition coefficient (Wildman–Crippen LogP) is 6.39. The lowest BCUT2D eigenvalue weighted by atomic mass is 9.80. The van der Waals surface area contributed by atoms with Crippen LogP contribution in [0.4, 0.5) is 18.0 Å². The number of pyridine rings is 1. The third-order valence-corrected chi connectivity index (χ3v) is 5.96. The highest BCUT2D eigenvalue weighted by Gasteiger charge is 2.40. The van der Waals surface area contributed by atoms with Gasteiger partial charge in [0.2, 0.25) is 0 Å². The van der Waals surface area contributed by atoms with E-state index in [0.717, 1.165) is 28.8 Å². The van der Waals surface area contributed by atoms with Gasteiger partial charge in [0.25, 0.3) is 0 Å². The number of amides is 2. The number of aromatic nitrogens is 1. The number of aryl methyl sites for hydroxylation is 1. The molecule has 2 N–H and O–H groups in total. The number of nitrogens with zero attached hydrogens (tertiary/aromatic N) is 1. The number of benzene rings is 3. The van der Waals surface area contributed by atoms with Crippen LogP contribution in [-0.4, -0.2) is 11.0 Å². The Labute approximate surface area is 208 Å². The summed E-state index contributed by atoms with van der Waals surface area (Å²) in [6, 6.07) is 26.7. The van der Waals surface area contributed by atoms with E-state index >= 15 is 0 Å². The second-order valence-corrected chi connectivity index (χ2v) is 8.66. The first kappa shape index (κ1) is 25.0. The van der Waals surface area contributed by atoms with Crippen LogP contribution in [0.1, 0.15) is 33.5 Å². The number of carbonyl (C=O) groups is 1. The molecule has 0 aliphatic heterocycles. The largest absolute Gasteiger partial charge is 0.416 e. The van der Waals surface area contributed by atoms with Crippen LogP contribution in [0.15, 0.2) is 103 Å². The van der Waals surface area contributed by atoms with Crippen molar-refractivity contribution >= 4 is 6.03 Å². The van der Waals surface area contributed by atoms with Crippen molar-refractivity contribution in [1.82, 2.24) is 15.6 Å². The number of carbonyl (C=O) groups excluding carboxylic acids is 1. The number of hydrogen-bond acceptors (Lipinski definition) is 2. The first-order valence-corrected chi connectivity index (χ1v) is 11.5. The summed E-state index contributed by atoms with van der Waals surface area (Å²) in [4.78, 5) is 17.7. The van der Waals surface area contributed by atoms with Crippen LogP contribution in [0, 0.1) is 6.92 Å². The van der Waals surface area contributed by atoms with E-state index in [1.807, 2.05) is 61.5 Å². The fourth-order valence-electron chi connectivity index (χ4n) is 4.24. The first-order chi connectivity index (χ1) is 17.3. The van der Waals surface area contributed by atoms with Crippen LogP contribution in [0.2, 0.25) is 0 Å². The third-order valence-electron chi connectivity index (χ3n) is 5.96. The molecule has 0 saturated heterocycles. The second-order valence-electron chi connectivity index (χ2n) is 8.66. The second kappa shape index (κ2) is 10.6. The maximum atomic E-state index is 13.7. The molecule has 4 rings (SSSR count). The van der Waals surface area contributed by atoms with Crippen LogP contribution in [-0.2, 0) is 24.7 Å². The molecule has 4 nitrogen and oxygen atoms in total. The summed E-state index contributed by atoms with van der Waals surface area (Å²) in [5, 5.41) is 5.85. The van der Waals surface area contributed by atoms with Gasteiger partial charge in [-0.05, 0) is 47.9 Å². The van der Waals surface area contributed by atoms with Crippen molar-refractivity contribution < 1.29 is 18.0 Å². The Morgan fingerprint density at radius 2 is 1.50 bits per heavy atom. The van der Waals surface area contributed by atoms with E-state index < -0.39 is 23.3 Å². The third kappa shape index (κ3) is 5.92. The smallest absolute Gasteiger partial charge is 0.334 e. The molecule has 36 heavy (non-hydrogen) atoms. The van der Waals surface area contributed by atoms with Gasteiger partial charge in [-0.15, -0.1) is 0 Å². The van der Waals surface area contributed by atoms with E-state index in [2.05, 4.69) is 15.6 Å². The van der Waals surface area contributed by atoms with Crippen LogP contribution in [0.5, 0.6) is 0 Å². The zero-order valence-electron chi connectivity index (χ0n) is 19.7. The minimum Gasteiger partial charge on any atom is -0.334 e.